The van der Waals surface area contributed by atoms with Gasteiger partial charge in [-0.25, -0.2) is 8.42 Å². The lowest BCUT2D eigenvalue weighted by molar-refractivity contribution is -0.141. The smallest absolute Gasteiger partial charge is 0.299 e. The molecule has 1 aromatic heterocycles. The summed E-state index contributed by atoms with van der Waals surface area (Å²) in [7, 11) is -3.11. The minimum atomic E-state index is -4.40. The Balaban J connectivity index is 1.45. The van der Waals surface area contributed by atoms with Crippen molar-refractivity contribution >= 4 is 10.0 Å². The van der Waals surface area contributed by atoms with Gasteiger partial charge in [0.25, 0.3) is 0 Å². The fourth-order valence-corrected chi connectivity index (χ4v) is 4.61. The third-order valence-electron chi connectivity index (χ3n) is 5.34. The van der Waals surface area contributed by atoms with Crippen LogP contribution >= 0.6 is 0 Å². The van der Waals surface area contributed by atoms with Gasteiger partial charge in [-0.2, -0.15) is 17.5 Å². The number of aromatic nitrogens is 1. The van der Waals surface area contributed by atoms with Crippen molar-refractivity contribution in [3.05, 3.63) is 29.6 Å². The van der Waals surface area contributed by atoms with E-state index in [0.717, 1.165) is 50.7 Å². The predicted octanol–water partition coefficient (Wildman–Crippen LogP) is 1.64. The Hall–Kier alpha value is -1.23. The molecule has 1 aromatic rings. The molecule has 3 rings (SSSR count). The standard InChI is InChI=1S/C17H25F3N4O2S/c1-27(25,26)24-10-8-23(9-11-24)15-4-6-22(7-5-15)13-14-2-3-16(21-12-14)17(18,19)20/h2-3,12,15H,4-11,13H2,1H3. The monoisotopic (exact) mass is 406 g/mol. The van der Waals surface area contributed by atoms with Crippen LogP contribution in [0.2, 0.25) is 0 Å². The summed E-state index contributed by atoms with van der Waals surface area (Å²) in [4.78, 5) is 8.11. The van der Waals surface area contributed by atoms with Gasteiger partial charge in [0, 0.05) is 45.0 Å². The Labute approximate surface area is 158 Å². The molecule has 0 aliphatic carbocycles. The zero-order valence-corrected chi connectivity index (χ0v) is 16.1. The topological polar surface area (TPSA) is 56.8 Å². The molecule has 10 heteroatoms. The Morgan fingerprint density at radius 1 is 1.07 bits per heavy atom. The number of hydrogen-bond donors (Lipinski definition) is 0. The number of hydrogen-bond acceptors (Lipinski definition) is 5. The number of likely N-dealkylation sites (tertiary alicyclic amines) is 1. The number of piperazine rings is 1. The Kier molecular flexibility index (Phi) is 6.09. The second kappa shape index (κ2) is 8.02. The molecule has 6 nitrogen and oxygen atoms in total. The maximum Gasteiger partial charge on any atom is 0.433 e. The van der Waals surface area contributed by atoms with Crippen LogP contribution in [0.1, 0.15) is 24.1 Å². The normalized spacial score (nSPS) is 22.2. The Morgan fingerprint density at radius 3 is 2.19 bits per heavy atom. The number of alkyl halides is 3. The first-order chi connectivity index (χ1) is 12.6. The predicted molar refractivity (Wildman–Crippen MR) is 95.5 cm³/mol. The van der Waals surface area contributed by atoms with Crippen molar-refractivity contribution in [3.8, 4) is 0 Å². The second-order valence-electron chi connectivity index (χ2n) is 7.25. The van der Waals surface area contributed by atoms with E-state index < -0.39 is 21.9 Å². The van der Waals surface area contributed by atoms with Crippen LogP contribution in [-0.4, -0.2) is 79.1 Å². The minimum Gasteiger partial charge on any atom is -0.299 e. The van der Waals surface area contributed by atoms with Crippen molar-refractivity contribution < 1.29 is 21.6 Å². The number of pyridine rings is 1. The largest absolute Gasteiger partial charge is 0.433 e. The number of piperidine rings is 1. The summed E-state index contributed by atoms with van der Waals surface area (Å²) in [5, 5.41) is 0. The lowest BCUT2D eigenvalue weighted by Gasteiger charge is -2.42. The van der Waals surface area contributed by atoms with Gasteiger partial charge in [-0.1, -0.05) is 6.07 Å². The molecule has 152 valence electrons. The van der Waals surface area contributed by atoms with Crippen LogP contribution in [0.25, 0.3) is 0 Å². The molecule has 0 saturated carbocycles. The van der Waals surface area contributed by atoms with Gasteiger partial charge in [0.05, 0.1) is 6.26 Å². The van der Waals surface area contributed by atoms with Gasteiger partial charge in [0.15, 0.2) is 0 Å². The molecule has 0 bridgehead atoms. The van der Waals surface area contributed by atoms with Crippen molar-refractivity contribution in [1.82, 2.24) is 19.1 Å². The SMILES string of the molecule is CS(=O)(=O)N1CCN(C2CCN(Cc3ccc(C(F)(F)F)nc3)CC2)CC1. The summed E-state index contributed by atoms with van der Waals surface area (Å²) < 4.78 is 62.4. The molecule has 0 radical (unpaired) electrons. The van der Waals surface area contributed by atoms with Crippen LogP contribution in [0.15, 0.2) is 18.3 Å². The fourth-order valence-electron chi connectivity index (χ4n) is 3.79. The van der Waals surface area contributed by atoms with Crippen LogP contribution in [0.5, 0.6) is 0 Å². The molecule has 3 heterocycles. The van der Waals surface area contributed by atoms with Crippen molar-refractivity contribution in [2.75, 3.05) is 45.5 Å². The number of nitrogens with zero attached hydrogens (tertiary/aromatic N) is 4. The molecule has 2 saturated heterocycles. The van der Waals surface area contributed by atoms with Crippen LogP contribution < -0.4 is 0 Å². The summed E-state index contributed by atoms with van der Waals surface area (Å²) in [6.07, 6.45) is 0.106. The second-order valence-corrected chi connectivity index (χ2v) is 9.24. The average Bonchev–Trinajstić information content (AvgIpc) is 2.61. The zero-order chi connectivity index (χ0) is 19.7. The first-order valence-corrected chi connectivity index (χ1v) is 10.9. The summed E-state index contributed by atoms with van der Waals surface area (Å²) in [6, 6.07) is 2.96. The molecule has 0 atom stereocenters. The highest BCUT2D eigenvalue weighted by Crippen LogP contribution is 2.27. The highest BCUT2D eigenvalue weighted by molar-refractivity contribution is 7.88. The van der Waals surface area contributed by atoms with E-state index in [1.54, 1.807) is 0 Å². The fraction of sp³-hybridized carbons (Fsp3) is 0.706. The third kappa shape index (κ3) is 5.40. The van der Waals surface area contributed by atoms with E-state index in [-0.39, 0.29) is 0 Å². The third-order valence-corrected chi connectivity index (χ3v) is 6.64. The van der Waals surface area contributed by atoms with Gasteiger partial charge in [-0.15, -0.1) is 0 Å². The number of halogens is 3. The van der Waals surface area contributed by atoms with E-state index in [4.69, 9.17) is 0 Å². The average molecular weight is 406 g/mol. The van der Waals surface area contributed by atoms with E-state index in [0.29, 0.717) is 25.7 Å². The maximum atomic E-state index is 12.6. The van der Waals surface area contributed by atoms with Crippen molar-refractivity contribution in [3.63, 3.8) is 0 Å². The molecule has 0 amide bonds. The molecule has 0 unspecified atom stereocenters. The lowest BCUT2D eigenvalue weighted by Crippen LogP contribution is -2.54. The molecule has 0 aromatic carbocycles. The Morgan fingerprint density at radius 2 is 1.70 bits per heavy atom. The van der Waals surface area contributed by atoms with E-state index in [1.807, 2.05) is 0 Å². The van der Waals surface area contributed by atoms with Crippen LogP contribution in [0.4, 0.5) is 13.2 Å². The zero-order valence-electron chi connectivity index (χ0n) is 15.3. The van der Waals surface area contributed by atoms with Crippen LogP contribution in [-0.2, 0) is 22.7 Å². The highest BCUT2D eigenvalue weighted by Gasteiger charge is 2.32. The van der Waals surface area contributed by atoms with Gasteiger partial charge in [-0.3, -0.25) is 14.8 Å². The highest BCUT2D eigenvalue weighted by atomic mass is 32.2. The van der Waals surface area contributed by atoms with Gasteiger partial charge < -0.3 is 0 Å². The summed E-state index contributed by atoms with van der Waals surface area (Å²) in [6.45, 7) is 4.92. The van der Waals surface area contributed by atoms with Gasteiger partial charge >= 0.3 is 6.18 Å². The first-order valence-electron chi connectivity index (χ1n) is 9.06. The maximum absolute atomic E-state index is 12.6. The van der Waals surface area contributed by atoms with Crippen molar-refractivity contribution in [1.29, 1.82) is 0 Å². The van der Waals surface area contributed by atoms with E-state index in [1.165, 1.54) is 22.8 Å². The number of sulfonamides is 1. The van der Waals surface area contributed by atoms with Gasteiger partial charge in [0.1, 0.15) is 5.69 Å². The van der Waals surface area contributed by atoms with E-state index >= 15 is 0 Å². The molecule has 0 N–H and O–H groups in total. The Bertz CT molecular complexity index is 724. The first kappa shape index (κ1) is 20.5. The van der Waals surface area contributed by atoms with E-state index in [2.05, 4.69) is 14.8 Å². The summed E-state index contributed by atoms with van der Waals surface area (Å²) in [5.41, 5.74) is -0.0820. The molecular weight excluding hydrogens is 381 g/mol. The summed E-state index contributed by atoms with van der Waals surface area (Å²) in [5.74, 6) is 0. The minimum absolute atomic E-state index is 0.439. The molecule has 2 aliphatic heterocycles. The lowest BCUT2D eigenvalue weighted by atomic mass is 10.0. The molecule has 2 aliphatic rings. The summed E-state index contributed by atoms with van der Waals surface area (Å²) >= 11 is 0. The van der Waals surface area contributed by atoms with Crippen LogP contribution in [0.3, 0.4) is 0 Å². The molecule has 0 spiro atoms. The number of rotatable bonds is 4. The molecule has 27 heavy (non-hydrogen) atoms. The molecular formula is C17H25F3N4O2S. The van der Waals surface area contributed by atoms with Gasteiger partial charge in [0.2, 0.25) is 10.0 Å². The van der Waals surface area contributed by atoms with Crippen molar-refractivity contribution in [2.24, 2.45) is 0 Å². The van der Waals surface area contributed by atoms with Crippen molar-refractivity contribution in [2.45, 2.75) is 31.6 Å². The van der Waals surface area contributed by atoms with E-state index in [9.17, 15) is 21.6 Å². The quantitative estimate of drug-likeness (QED) is 0.761. The van der Waals surface area contributed by atoms with Gasteiger partial charge in [-0.05, 0) is 37.6 Å². The van der Waals surface area contributed by atoms with Crippen LogP contribution in [0, 0.1) is 0 Å². The molecule has 2 fully saturated rings.